The van der Waals surface area contributed by atoms with Crippen LogP contribution in [-0.4, -0.2) is 15.5 Å². The SMILES string of the molecule is Cc1cccc([C@H](C)NC(=O)CCCn2ccnc2)c1C. The van der Waals surface area contributed by atoms with E-state index < -0.39 is 0 Å². The largest absolute Gasteiger partial charge is 0.350 e. The van der Waals surface area contributed by atoms with Crippen LogP contribution in [-0.2, 0) is 11.3 Å². The Kier molecular flexibility index (Phi) is 5.14. The van der Waals surface area contributed by atoms with Gasteiger partial charge in [0.25, 0.3) is 0 Å². The zero-order valence-corrected chi connectivity index (χ0v) is 13.0. The highest BCUT2D eigenvalue weighted by atomic mass is 16.1. The van der Waals surface area contributed by atoms with Crippen molar-refractivity contribution in [1.29, 1.82) is 0 Å². The van der Waals surface area contributed by atoms with Crippen LogP contribution in [0, 0.1) is 13.8 Å². The number of hydrogen-bond acceptors (Lipinski definition) is 2. The van der Waals surface area contributed by atoms with Gasteiger partial charge in [0, 0.05) is 25.4 Å². The van der Waals surface area contributed by atoms with Crippen LogP contribution in [0.15, 0.2) is 36.9 Å². The molecular weight excluding hydrogens is 262 g/mol. The first-order chi connectivity index (χ1) is 10.1. The average molecular weight is 285 g/mol. The fourth-order valence-corrected chi connectivity index (χ4v) is 2.48. The maximum Gasteiger partial charge on any atom is 0.220 e. The second kappa shape index (κ2) is 7.07. The minimum Gasteiger partial charge on any atom is -0.350 e. The molecule has 1 heterocycles. The zero-order chi connectivity index (χ0) is 15.2. The van der Waals surface area contributed by atoms with Crippen LogP contribution >= 0.6 is 0 Å². The summed E-state index contributed by atoms with van der Waals surface area (Å²) in [6, 6.07) is 6.27. The summed E-state index contributed by atoms with van der Waals surface area (Å²) in [5.41, 5.74) is 3.70. The van der Waals surface area contributed by atoms with Gasteiger partial charge in [-0.2, -0.15) is 0 Å². The number of aromatic nitrogens is 2. The second-order valence-corrected chi connectivity index (χ2v) is 5.48. The number of nitrogens with zero attached hydrogens (tertiary/aromatic N) is 2. The monoisotopic (exact) mass is 285 g/mol. The molecule has 2 rings (SSSR count). The molecule has 0 bridgehead atoms. The van der Waals surface area contributed by atoms with Crippen molar-refractivity contribution in [2.45, 2.75) is 46.2 Å². The number of amides is 1. The number of rotatable bonds is 6. The van der Waals surface area contributed by atoms with Crippen molar-refractivity contribution in [3.63, 3.8) is 0 Å². The molecular formula is C17H23N3O. The summed E-state index contributed by atoms with van der Waals surface area (Å²) in [5.74, 6) is 0.100. The quantitative estimate of drug-likeness (QED) is 0.886. The molecule has 0 saturated heterocycles. The molecule has 1 N–H and O–H groups in total. The summed E-state index contributed by atoms with van der Waals surface area (Å²) >= 11 is 0. The van der Waals surface area contributed by atoms with Gasteiger partial charge in [-0.1, -0.05) is 18.2 Å². The molecule has 0 fully saturated rings. The lowest BCUT2D eigenvalue weighted by Gasteiger charge is -2.18. The maximum atomic E-state index is 12.0. The zero-order valence-electron chi connectivity index (χ0n) is 13.0. The molecule has 21 heavy (non-hydrogen) atoms. The van der Waals surface area contributed by atoms with Crippen molar-refractivity contribution in [3.05, 3.63) is 53.6 Å². The van der Waals surface area contributed by atoms with Gasteiger partial charge in [0.1, 0.15) is 0 Å². The van der Waals surface area contributed by atoms with E-state index in [9.17, 15) is 4.79 Å². The van der Waals surface area contributed by atoms with Crippen molar-refractivity contribution in [2.75, 3.05) is 0 Å². The molecule has 0 aliphatic heterocycles. The van der Waals surface area contributed by atoms with Crippen molar-refractivity contribution in [3.8, 4) is 0 Å². The Hall–Kier alpha value is -2.10. The van der Waals surface area contributed by atoms with Gasteiger partial charge in [-0.3, -0.25) is 4.79 Å². The topological polar surface area (TPSA) is 46.9 Å². The van der Waals surface area contributed by atoms with Crippen molar-refractivity contribution >= 4 is 5.91 Å². The van der Waals surface area contributed by atoms with Crippen LogP contribution < -0.4 is 5.32 Å². The Labute approximate surface area is 126 Å². The lowest BCUT2D eigenvalue weighted by atomic mass is 9.98. The van der Waals surface area contributed by atoms with Gasteiger partial charge in [0.05, 0.1) is 12.4 Å². The molecule has 2 aromatic rings. The van der Waals surface area contributed by atoms with Gasteiger partial charge in [0.2, 0.25) is 5.91 Å². The van der Waals surface area contributed by atoms with E-state index in [-0.39, 0.29) is 11.9 Å². The van der Waals surface area contributed by atoms with Crippen LogP contribution in [0.5, 0.6) is 0 Å². The second-order valence-electron chi connectivity index (χ2n) is 5.48. The molecule has 0 spiro atoms. The van der Waals surface area contributed by atoms with Crippen molar-refractivity contribution in [2.24, 2.45) is 0 Å². The van der Waals surface area contributed by atoms with Crippen LogP contribution in [0.3, 0.4) is 0 Å². The number of carbonyl (C=O) groups is 1. The Morgan fingerprint density at radius 2 is 2.19 bits per heavy atom. The molecule has 1 aromatic heterocycles. The van der Waals surface area contributed by atoms with E-state index in [0.29, 0.717) is 6.42 Å². The first-order valence-corrected chi connectivity index (χ1v) is 7.39. The normalized spacial score (nSPS) is 12.1. The molecule has 0 saturated carbocycles. The summed E-state index contributed by atoms with van der Waals surface area (Å²) in [5, 5.41) is 3.08. The average Bonchev–Trinajstić information content (AvgIpc) is 2.95. The van der Waals surface area contributed by atoms with Crippen LogP contribution in [0.4, 0.5) is 0 Å². The summed E-state index contributed by atoms with van der Waals surface area (Å²) in [4.78, 5) is 16.0. The predicted molar refractivity (Wildman–Crippen MR) is 83.9 cm³/mol. The molecule has 1 aromatic carbocycles. The van der Waals surface area contributed by atoms with E-state index in [1.807, 2.05) is 23.8 Å². The van der Waals surface area contributed by atoms with E-state index in [0.717, 1.165) is 13.0 Å². The Bertz CT molecular complexity index is 590. The van der Waals surface area contributed by atoms with Crippen molar-refractivity contribution < 1.29 is 4.79 Å². The highest BCUT2D eigenvalue weighted by Crippen LogP contribution is 2.20. The lowest BCUT2D eigenvalue weighted by molar-refractivity contribution is -0.121. The van der Waals surface area contributed by atoms with Gasteiger partial charge in [0.15, 0.2) is 0 Å². The lowest BCUT2D eigenvalue weighted by Crippen LogP contribution is -2.27. The third kappa shape index (κ3) is 4.18. The van der Waals surface area contributed by atoms with Crippen LogP contribution in [0.1, 0.15) is 42.5 Å². The third-order valence-corrected chi connectivity index (χ3v) is 3.87. The van der Waals surface area contributed by atoms with Gasteiger partial charge in [-0.25, -0.2) is 4.98 Å². The summed E-state index contributed by atoms with van der Waals surface area (Å²) in [6.07, 6.45) is 6.80. The predicted octanol–water partition coefficient (Wildman–Crippen LogP) is 3.16. The first kappa shape index (κ1) is 15.3. The molecule has 4 heteroatoms. The first-order valence-electron chi connectivity index (χ1n) is 7.39. The van der Waals surface area contributed by atoms with E-state index in [1.54, 1.807) is 12.5 Å². The van der Waals surface area contributed by atoms with Crippen molar-refractivity contribution in [1.82, 2.24) is 14.9 Å². The van der Waals surface area contributed by atoms with Gasteiger partial charge in [-0.05, 0) is 43.9 Å². The molecule has 112 valence electrons. The van der Waals surface area contributed by atoms with E-state index in [1.165, 1.54) is 16.7 Å². The molecule has 0 radical (unpaired) electrons. The minimum absolute atomic E-state index is 0.0469. The molecule has 0 aliphatic rings. The number of hydrogen-bond donors (Lipinski definition) is 1. The number of aryl methyl sites for hydroxylation is 2. The van der Waals surface area contributed by atoms with Gasteiger partial charge < -0.3 is 9.88 Å². The summed E-state index contributed by atoms with van der Waals surface area (Å²) in [7, 11) is 0. The number of imidazole rings is 1. The van der Waals surface area contributed by atoms with E-state index in [4.69, 9.17) is 0 Å². The van der Waals surface area contributed by atoms with Crippen LogP contribution in [0.25, 0.3) is 0 Å². The molecule has 1 amide bonds. The third-order valence-electron chi connectivity index (χ3n) is 3.87. The standard InChI is InChI=1S/C17H23N3O/c1-13-6-4-7-16(14(13)2)15(3)19-17(21)8-5-10-20-11-9-18-12-20/h4,6-7,9,11-12,15H,5,8,10H2,1-3H3,(H,19,21)/t15-/m0/s1. The Balaban J connectivity index is 1.83. The van der Waals surface area contributed by atoms with Gasteiger partial charge in [-0.15, -0.1) is 0 Å². The maximum absolute atomic E-state index is 12.0. The Morgan fingerprint density at radius 1 is 1.38 bits per heavy atom. The number of carbonyl (C=O) groups excluding carboxylic acids is 1. The molecule has 4 nitrogen and oxygen atoms in total. The minimum atomic E-state index is 0.0469. The fourth-order valence-electron chi connectivity index (χ4n) is 2.48. The highest BCUT2D eigenvalue weighted by molar-refractivity contribution is 5.76. The van der Waals surface area contributed by atoms with E-state index in [2.05, 4.69) is 36.3 Å². The highest BCUT2D eigenvalue weighted by Gasteiger charge is 2.12. The fraction of sp³-hybridized carbons (Fsp3) is 0.412. The number of benzene rings is 1. The molecule has 1 atom stereocenters. The molecule has 0 aliphatic carbocycles. The summed E-state index contributed by atoms with van der Waals surface area (Å²) in [6.45, 7) is 7.06. The molecule has 0 unspecified atom stereocenters. The van der Waals surface area contributed by atoms with Crippen LogP contribution in [0.2, 0.25) is 0 Å². The number of nitrogens with one attached hydrogen (secondary N) is 1. The van der Waals surface area contributed by atoms with Gasteiger partial charge >= 0.3 is 0 Å². The Morgan fingerprint density at radius 3 is 2.90 bits per heavy atom. The smallest absolute Gasteiger partial charge is 0.220 e. The summed E-state index contributed by atoms with van der Waals surface area (Å²) < 4.78 is 1.99. The van der Waals surface area contributed by atoms with E-state index >= 15 is 0 Å².